The summed E-state index contributed by atoms with van der Waals surface area (Å²) in [5.74, 6) is 0.263. The van der Waals surface area contributed by atoms with Crippen LogP contribution in [0.15, 0.2) is 30.3 Å². The summed E-state index contributed by atoms with van der Waals surface area (Å²) in [5.41, 5.74) is 3.11. The van der Waals surface area contributed by atoms with Gasteiger partial charge in [-0.3, -0.25) is 0 Å². The first-order chi connectivity index (χ1) is 10.1. The van der Waals surface area contributed by atoms with Gasteiger partial charge in [0.15, 0.2) is 0 Å². The molecule has 5 nitrogen and oxygen atoms in total. The molecule has 0 aliphatic carbocycles. The molecule has 5 heteroatoms. The maximum atomic E-state index is 10.9. The second-order valence-corrected chi connectivity index (χ2v) is 5.30. The second kappa shape index (κ2) is 5.61. The fourth-order valence-corrected chi connectivity index (χ4v) is 2.64. The molecule has 0 spiro atoms. The smallest absolute Gasteiger partial charge is 0.335 e. The molecule has 1 aliphatic heterocycles. The van der Waals surface area contributed by atoms with E-state index in [1.54, 1.807) is 24.3 Å². The van der Waals surface area contributed by atoms with E-state index in [9.17, 15) is 4.79 Å². The molecule has 0 amide bonds. The van der Waals surface area contributed by atoms with Gasteiger partial charge in [-0.2, -0.15) is 0 Å². The highest BCUT2D eigenvalue weighted by Crippen LogP contribution is 2.25. The molecule has 1 fully saturated rings. The number of carbonyl (C=O) groups is 1. The zero-order valence-electron chi connectivity index (χ0n) is 11.8. The van der Waals surface area contributed by atoms with Crippen LogP contribution in [0.1, 0.15) is 34.2 Å². The Morgan fingerprint density at radius 1 is 1.29 bits per heavy atom. The Morgan fingerprint density at radius 3 is 2.67 bits per heavy atom. The number of nitrogens with one attached hydrogen (secondary N) is 1. The lowest BCUT2D eigenvalue weighted by Crippen LogP contribution is -2.10. The van der Waals surface area contributed by atoms with Crippen molar-refractivity contribution in [2.24, 2.45) is 0 Å². The molecule has 0 bridgehead atoms. The average molecular weight is 283 g/mol. The fourth-order valence-electron chi connectivity index (χ4n) is 2.64. The van der Waals surface area contributed by atoms with Gasteiger partial charge in [0.1, 0.15) is 5.82 Å². The summed E-state index contributed by atoms with van der Waals surface area (Å²) in [6, 6.07) is 8.81. The highest BCUT2D eigenvalue weighted by Gasteiger charge is 2.19. The van der Waals surface area contributed by atoms with E-state index >= 15 is 0 Å². The Labute approximate surface area is 123 Å². The first-order valence-corrected chi connectivity index (χ1v) is 7.03. The molecular formula is C16H17N3O2. The molecule has 1 aromatic heterocycles. The fraction of sp³-hybridized carbons (Fsp3) is 0.312. The van der Waals surface area contributed by atoms with Crippen molar-refractivity contribution in [1.82, 2.24) is 15.3 Å². The summed E-state index contributed by atoms with van der Waals surface area (Å²) in [6.45, 7) is 3.87. The topological polar surface area (TPSA) is 75.1 Å². The summed E-state index contributed by atoms with van der Waals surface area (Å²) in [7, 11) is 0. The number of aromatic carboxylic acids is 1. The predicted octanol–water partition coefficient (Wildman–Crippen LogP) is 2.23. The van der Waals surface area contributed by atoms with E-state index in [-0.39, 0.29) is 5.56 Å². The van der Waals surface area contributed by atoms with Gasteiger partial charge in [-0.1, -0.05) is 12.1 Å². The Hall–Kier alpha value is -2.27. The van der Waals surface area contributed by atoms with Crippen LogP contribution in [-0.2, 0) is 0 Å². The van der Waals surface area contributed by atoms with E-state index in [0.29, 0.717) is 5.92 Å². The highest BCUT2D eigenvalue weighted by molar-refractivity contribution is 5.88. The van der Waals surface area contributed by atoms with Gasteiger partial charge < -0.3 is 10.4 Å². The van der Waals surface area contributed by atoms with Crippen molar-refractivity contribution in [2.45, 2.75) is 19.3 Å². The number of carboxylic acid groups (broad SMARTS) is 1. The van der Waals surface area contributed by atoms with Crippen molar-refractivity contribution in [3.05, 3.63) is 47.4 Å². The molecule has 1 aromatic carbocycles. The van der Waals surface area contributed by atoms with Gasteiger partial charge >= 0.3 is 5.97 Å². The van der Waals surface area contributed by atoms with E-state index in [1.165, 1.54) is 0 Å². The number of benzene rings is 1. The van der Waals surface area contributed by atoms with Crippen molar-refractivity contribution < 1.29 is 9.90 Å². The number of aromatic nitrogens is 2. The lowest BCUT2D eigenvalue weighted by molar-refractivity contribution is 0.0697. The summed E-state index contributed by atoms with van der Waals surface area (Å²) in [6.07, 6.45) is 1.09. The quantitative estimate of drug-likeness (QED) is 0.903. The van der Waals surface area contributed by atoms with E-state index in [2.05, 4.69) is 15.3 Å². The third kappa shape index (κ3) is 2.92. The number of nitrogens with zero attached hydrogens (tertiary/aromatic N) is 2. The molecular weight excluding hydrogens is 266 g/mol. The van der Waals surface area contributed by atoms with Crippen LogP contribution in [0.3, 0.4) is 0 Å². The van der Waals surface area contributed by atoms with Crippen LogP contribution in [-0.4, -0.2) is 34.1 Å². The first-order valence-electron chi connectivity index (χ1n) is 7.03. The van der Waals surface area contributed by atoms with Gasteiger partial charge in [0.2, 0.25) is 0 Å². The van der Waals surface area contributed by atoms with E-state index in [1.807, 2.05) is 13.0 Å². The van der Waals surface area contributed by atoms with Crippen molar-refractivity contribution in [3.63, 3.8) is 0 Å². The van der Waals surface area contributed by atoms with Crippen LogP contribution in [0.4, 0.5) is 0 Å². The number of hydrogen-bond donors (Lipinski definition) is 2. The van der Waals surface area contributed by atoms with E-state index in [4.69, 9.17) is 5.11 Å². The summed E-state index contributed by atoms with van der Waals surface area (Å²) >= 11 is 0. The van der Waals surface area contributed by atoms with Gasteiger partial charge in [-0.25, -0.2) is 14.8 Å². The average Bonchev–Trinajstić information content (AvgIpc) is 3.01. The zero-order chi connectivity index (χ0) is 14.8. The van der Waals surface area contributed by atoms with Crippen LogP contribution in [0, 0.1) is 6.92 Å². The molecule has 0 radical (unpaired) electrons. The third-order valence-corrected chi connectivity index (χ3v) is 3.76. The number of hydrogen-bond acceptors (Lipinski definition) is 4. The highest BCUT2D eigenvalue weighted by atomic mass is 16.4. The molecule has 2 heterocycles. The third-order valence-electron chi connectivity index (χ3n) is 3.76. The van der Waals surface area contributed by atoms with Gasteiger partial charge in [-0.05, 0) is 38.1 Å². The van der Waals surface area contributed by atoms with Crippen LogP contribution < -0.4 is 5.32 Å². The van der Waals surface area contributed by atoms with Crippen molar-refractivity contribution >= 4 is 5.97 Å². The molecule has 1 aliphatic rings. The lowest BCUT2D eigenvalue weighted by atomic mass is 10.0. The molecule has 3 rings (SSSR count). The van der Waals surface area contributed by atoms with Crippen LogP contribution in [0.2, 0.25) is 0 Å². The monoisotopic (exact) mass is 283 g/mol. The normalized spacial score (nSPS) is 17.9. The Morgan fingerprint density at radius 2 is 2.05 bits per heavy atom. The van der Waals surface area contributed by atoms with Crippen molar-refractivity contribution in [1.29, 1.82) is 0 Å². The molecule has 108 valence electrons. The maximum Gasteiger partial charge on any atom is 0.335 e. The number of rotatable bonds is 3. The Balaban J connectivity index is 1.95. The van der Waals surface area contributed by atoms with Crippen LogP contribution in [0.5, 0.6) is 0 Å². The summed E-state index contributed by atoms with van der Waals surface area (Å²) < 4.78 is 0. The standard InChI is InChI=1S/C16H17N3O2/c1-10-18-14(8-15(19-10)13-6-7-17-9-13)11-2-4-12(5-3-11)16(20)21/h2-5,8,13,17H,6-7,9H2,1H3,(H,20,21). The second-order valence-electron chi connectivity index (χ2n) is 5.30. The minimum absolute atomic E-state index is 0.282. The minimum Gasteiger partial charge on any atom is -0.478 e. The van der Waals surface area contributed by atoms with Crippen molar-refractivity contribution in [3.8, 4) is 11.3 Å². The molecule has 1 atom stereocenters. The lowest BCUT2D eigenvalue weighted by Gasteiger charge is -2.11. The molecule has 2 aromatic rings. The zero-order valence-corrected chi connectivity index (χ0v) is 11.8. The number of aryl methyl sites for hydroxylation is 1. The molecule has 21 heavy (non-hydrogen) atoms. The first kappa shape index (κ1) is 13.7. The summed E-state index contributed by atoms with van der Waals surface area (Å²) in [4.78, 5) is 19.9. The number of carboxylic acids is 1. The SMILES string of the molecule is Cc1nc(-c2ccc(C(=O)O)cc2)cc(C2CCNC2)n1. The van der Waals surface area contributed by atoms with Crippen LogP contribution in [0.25, 0.3) is 11.3 Å². The molecule has 1 saturated heterocycles. The van der Waals surface area contributed by atoms with Crippen molar-refractivity contribution in [2.75, 3.05) is 13.1 Å². The Kier molecular flexibility index (Phi) is 3.66. The van der Waals surface area contributed by atoms with Crippen LogP contribution >= 0.6 is 0 Å². The molecule has 0 saturated carbocycles. The van der Waals surface area contributed by atoms with Gasteiger partial charge in [-0.15, -0.1) is 0 Å². The van der Waals surface area contributed by atoms with Gasteiger partial charge in [0.05, 0.1) is 11.3 Å². The largest absolute Gasteiger partial charge is 0.478 e. The predicted molar refractivity (Wildman–Crippen MR) is 79.4 cm³/mol. The minimum atomic E-state index is -0.918. The van der Waals surface area contributed by atoms with Gasteiger partial charge in [0, 0.05) is 23.7 Å². The molecule has 2 N–H and O–H groups in total. The van der Waals surface area contributed by atoms with E-state index < -0.39 is 5.97 Å². The van der Waals surface area contributed by atoms with E-state index in [0.717, 1.165) is 42.3 Å². The summed E-state index contributed by atoms with van der Waals surface area (Å²) in [5, 5.41) is 12.3. The maximum absolute atomic E-state index is 10.9. The van der Waals surface area contributed by atoms with Gasteiger partial charge in [0.25, 0.3) is 0 Å². The molecule has 1 unspecified atom stereocenters. The Bertz CT molecular complexity index is 662.